The lowest BCUT2D eigenvalue weighted by atomic mass is 10.3. The van der Waals surface area contributed by atoms with E-state index < -0.39 is 0 Å². The Hall–Kier alpha value is -2.42. The summed E-state index contributed by atoms with van der Waals surface area (Å²) in [5.74, 6) is 0.662. The zero-order valence-corrected chi connectivity index (χ0v) is 15.8. The van der Waals surface area contributed by atoms with Crippen molar-refractivity contribution in [3.8, 4) is 5.75 Å². The van der Waals surface area contributed by atoms with Crippen molar-refractivity contribution < 1.29 is 14.3 Å². The Morgan fingerprint density at radius 1 is 1.33 bits per heavy atom. The van der Waals surface area contributed by atoms with E-state index in [1.165, 1.54) is 6.20 Å². The summed E-state index contributed by atoms with van der Waals surface area (Å²) in [6.45, 7) is 4.60. The van der Waals surface area contributed by atoms with Gasteiger partial charge in [-0.05, 0) is 24.3 Å². The molecule has 0 spiro atoms. The summed E-state index contributed by atoms with van der Waals surface area (Å²) < 4.78 is 10.4. The third-order valence-electron chi connectivity index (χ3n) is 4.11. The SMILES string of the molecule is COc1ccc(Nc2nccc(C(=O)NCCN3CCOCC3)n2)cc1Cl. The molecule has 9 heteroatoms. The molecule has 0 saturated carbocycles. The second-order valence-corrected chi connectivity index (χ2v) is 6.36. The number of benzene rings is 1. The number of halogens is 1. The van der Waals surface area contributed by atoms with Crippen molar-refractivity contribution in [2.75, 3.05) is 51.8 Å². The second kappa shape index (κ2) is 9.50. The van der Waals surface area contributed by atoms with E-state index in [4.69, 9.17) is 21.1 Å². The van der Waals surface area contributed by atoms with Gasteiger partial charge >= 0.3 is 0 Å². The molecule has 2 N–H and O–H groups in total. The highest BCUT2D eigenvalue weighted by Crippen LogP contribution is 2.28. The van der Waals surface area contributed by atoms with Gasteiger partial charge in [-0.25, -0.2) is 9.97 Å². The Kier molecular flexibility index (Phi) is 6.80. The van der Waals surface area contributed by atoms with Crippen LogP contribution in [0, 0.1) is 0 Å². The van der Waals surface area contributed by atoms with E-state index in [2.05, 4.69) is 25.5 Å². The number of rotatable bonds is 7. The van der Waals surface area contributed by atoms with E-state index in [1.54, 1.807) is 31.4 Å². The molecule has 1 amide bonds. The number of carbonyl (C=O) groups excluding carboxylic acids is 1. The normalized spacial score (nSPS) is 14.6. The van der Waals surface area contributed by atoms with Crippen LogP contribution in [0.2, 0.25) is 5.02 Å². The fourth-order valence-corrected chi connectivity index (χ4v) is 2.92. The average Bonchev–Trinajstić information content (AvgIpc) is 2.69. The van der Waals surface area contributed by atoms with Gasteiger partial charge < -0.3 is 20.1 Å². The first-order valence-corrected chi connectivity index (χ1v) is 9.05. The van der Waals surface area contributed by atoms with Gasteiger partial charge in [-0.2, -0.15) is 0 Å². The highest BCUT2D eigenvalue weighted by molar-refractivity contribution is 6.32. The monoisotopic (exact) mass is 391 g/mol. The molecule has 1 aromatic heterocycles. The van der Waals surface area contributed by atoms with E-state index in [-0.39, 0.29) is 5.91 Å². The van der Waals surface area contributed by atoms with Crippen molar-refractivity contribution in [3.05, 3.63) is 41.2 Å². The molecule has 3 rings (SSSR count). The van der Waals surface area contributed by atoms with Crippen molar-refractivity contribution >= 4 is 29.1 Å². The maximum absolute atomic E-state index is 12.3. The molecule has 1 fully saturated rings. The van der Waals surface area contributed by atoms with Crippen molar-refractivity contribution in [2.24, 2.45) is 0 Å². The first kappa shape index (κ1) is 19.3. The molecule has 0 aliphatic carbocycles. The summed E-state index contributed by atoms with van der Waals surface area (Å²) in [6, 6.07) is 6.82. The van der Waals surface area contributed by atoms with Crippen LogP contribution in [0.3, 0.4) is 0 Å². The van der Waals surface area contributed by atoms with Gasteiger partial charge in [0.2, 0.25) is 5.95 Å². The number of carbonyl (C=O) groups is 1. The number of anilines is 2. The van der Waals surface area contributed by atoms with E-state index in [0.717, 1.165) is 32.8 Å². The van der Waals surface area contributed by atoms with Crippen LogP contribution in [0.1, 0.15) is 10.5 Å². The summed E-state index contributed by atoms with van der Waals surface area (Å²) in [7, 11) is 1.55. The third kappa shape index (κ3) is 5.53. The molecular formula is C18H22ClN5O3. The summed E-state index contributed by atoms with van der Waals surface area (Å²) in [6.07, 6.45) is 1.54. The lowest BCUT2D eigenvalue weighted by Gasteiger charge is -2.26. The van der Waals surface area contributed by atoms with Gasteiger partial charge in [0.25, 0.3) is 5.91 Å². The molecule has 1 aliphatic rings. The molecule has 144 valence electrons. The highest BCUT2D eigenvalue weighted by Gasteiger charge is 2.12. The van der Waals surface area contributed by atoms with Crippen molar-refractivity contribution in [2.45, 2.75) is 0 Å². The molecule has 0 bridgehead atoms. The van der Waals surface area contributed by atoms with Crippen LogP contribution in [0.15, 0.2) is 30.5 Å². The molecule has 0 unspecified atom stereocenters. The minimum absolute atomic E-state index is 0.235. The largest absolute Gasteiger partial charge is 0.495 e. The minimum Gasteiger partial charge on any atom is -0.495 e. The van der Waals surface area contributed by atoms with Gasteiger partial charge in [0, 0.05) is 38.1 Å². The number of amides is 1. The molecule has 0 atom stereocenters. The van der Waals surface area contributed by atoms with Crippen LogP contribution in [0.4, 0.5) is 11.6 Å². The van der Waals surface area contributed by atoms with E-state index >= 15 is 0 Å². The fourth-order valence-electron chi connectivity index (χ4n) is 2.66. The van der Waals surface area contributed by atoms with Crippen LogP contribution in [0.5, 0.6) is 5.75 Å². The van der Waals surface area contributed by atoms with Crippen LogP contribution >= 0.6 is 11.6 Å². The molecular weight excluding hydrogens is 370 g/mol. The first-order valence-electron chi connectivity index (χ1n) is 8.67. The standard InChI is InChI=1S/C18H22ClN5O3/c1-26-16-3-2-13(12-14(16)19)22-18-21-5-4-15(23-18)17(25)20-6-7-24-8-10-27-11-9-24/h2-5,12H,6-11H2,1H3,(H,20,25)(H,21,22,23). The molecule has 1 saturated heterocycles. The average molecular weight is 392 g/mol. The Bertz CT molecular complexity index is 783. The molecule has 1 aliphatic heterocycles. The van der Waals surface area contributed by atoms with Crippen LogP contribution in [0.25, 0.3) is 0 Å². The number of hydrogen-bond acceptors (Lipinski definition) is 7. The summed E-state index contributed by atoms with van der Waals surface area (Å²) in [4.78, 5) is 23.0. The molecule has 2 heterocycles. The summed E-state index contributed by atoms with van der Waals surface area (Å²) in [5, 5.41) is 6.39. The Morgan fingerprint density at radius 2 is 2.15 bits per heavy atom. The maximum Gasteiger partial charge on any atom is 0.270 e. The summed E-state index contributed by atoms with van der Waals surface area (Å²) >= 11 is 6.12. The van der Waals surface area contributed by atoms with E-state index in [9.17, 15) is 4.79 Å². The molecule has 2 aromatic rings. The number of hydrogen-bond donors (Lipinski definition) is 2. The Balaban J connectivity index is 1.56. The number of aromatic nitrogens is 2. The Morgan fingerprint density at radius 3 is 2.89 bits per heavy atom. The molecule has 27 heavy (non-hydrogen) atoms. The highest BCUT2D eigenvalue weighted by atomic mass is 35.5. The number of nitrogens with zero attached hydrogens (tertiary/aromatic N) is 3. The maximum atomic E-state index is 12.3. The quantitative estimate of drug-likeness (QED) is 0.745. The second-order valence-electron chi connectivity index (χ2n) is 5.95. The zero-order valence-electron chi connectivity index (χ0n) is 15.1. The predicted molar refractivity (Wildman–Crippen MR) is 103 cm³/mol. The Labute approximate surface area is 162 Å². The fraction of sp³-hybridized carbons (Fsp3) is 0.389. The number of nitrogens with one attached hydrogen (secondary N) is 2. The third-order valence-corrected chi connectivity index (χ3v) is 4.41. The van der Waals surface area contributed by atoms with Crippen LogP contribution < -0.4 is 15.4 Å². The van der Waals surface area contributed by atoms with Crippen molar-refractivity contribution in [1.29, 1.82) is 0 Å². The number of ether oxygens (including phenoxy) is 2. The molecule has 0 radical (unpaired) electrons. The number of morpholine rings is 1. The smallest absolute Gasteiger partial charge is 0.270 e. The van der Waals surface area contributed by atoms with E-state index in [1.807, 2.05) is 0 Å². The zero-order chi connectivity index (χ0) is 19.1. The predicted octanol–water partition coefficient (Wildman–Crippen LogP) is 1.94. The van der Waals surface area contributed by atoms with Crippen LogP contribution in [-0.2, 0) is 4.74 Å². The molecule has 1 aromatic carbocycles. The first-order chi connectivity index (χ1) is 13.2. The van der Waals surface area contributed by atoms with Crippen molar-refractivity contribution in [1.82, 2.24) is 20.2 Å². The van der Waals surface area contributed by atoms with E-state index in [0.29, 0.717) is 34.6 Å². The van der Waals surface area contributed by atoms with Gasteiger partial charge in [0.15, 0.2) is 0 Å². The lowest BCUT2D eigenvalue weighted by Crippen LogP contribution is -2.41. The van der Waals surface area contributed by atoms with Crippen LogP contribution in [-0.4, -0.2) is 67.3 Å². The minimum atomic E-state index is -0.235. The van der Waals surface area contributed by atoms with Crippen molar-refractivity contribution in [3.63, 3.8) is 0 Å². The van der Waals surface area contributed by atoms with Gasteiger partial charge in [0.05, 0.1) is 25.3 Å². The van der Waals surface area contributed by atoms with Gasteiger partial charge in [-0.15, -0.1) is 0 Å². The summed E-state index contributed by atoms with van der Waals surface area (Å²) in [5.41, 5.74) is 1.000. The molecule has 8 nitrogen and oxygen atoms in total. The lowest BCUT2D eigenvalue weighted by molar-refractivity contribution is 0.0383. The van der Waals surface area contributed by atoms with Gasteiger partial charge in [-0.1, -0.05) is 11.6 Å². The topological polar surface area (TPSA) is 88.6 Å². The van der Waals surface area contributed by atoms with Gasteiger partial charge in [-0.3, -0.25) is 9.69 Å². The number of methoxy groups -OCH3 is 1. The van der Waals surface area contributed by atoms with Gasteiger partial charge in [0.1, 0.15) is 11.4 Å².